The van der Waals surface area contributed by atoms with Gasteiger partial charge in [-0.15, -0.1) is 11.3 Å². The van der Waals surface area contributed by atoms with E-state index in [0.717, 1.165) is 36.1 Å². The molecule has 0 bridgehead atoms. The van der Waals surface area contributed by atoms with Crippen LogP contribution in [0.3, 0.4) is 0 Å². The SMILES string of the molecule is N#Cc1c(NC(=O)C=Cc2ccco2)sc2c1CCC(COC(=O)N1CCCCO1)C2. The number of rotatable bonds is 5. The average Bonchev–Trinajstić information content (AvgIpc) is 3.43. The van der Waals surface area contributed by atoms with Crippen LogP contribution >= 0.6 is 11.3 Å². The summed E-state index contributed by atoms with van der Waals surface area (Å²) in [6.07, 6.45) is 8.16. The molecule has 0 spiro atoms. The van der Waals surface area contributed by atoms with Crippen molar-refractivity contribution in [2.24, 2.45) is 5.92 Å². The van der Waals surface area contributed by atoms with Crippen LogP contribution in [0.2, 0.25) is 0 Å². The molecule has 3 heterocycles. The van der Waals surface area contributed by atoms with E-state index in [-0.39, 0.29) is 11.8 Å². The van der Waals surface area contributed by atoms with Crippen molar-refractivity contribution < 1.29 is 23.6 Å². The van der Waals surface area contributed by atoms with Gasteiger partial charge in [0.15, 0.2) is 0 Å². The maximum atomic E-state index is 12.3. The second-order valence-corrected chi connectivity index (χ2v) is 8.59. The summed E-state index contributed by atoms with van der Waals surface area (Å²) in [5.74, 6) is 0.431. The molecule has 4 rings (SSSR count). The Bertz CT molecular complexity index is 999. The minimum absolute atomic E-state index is 0.175. The highest BCUT2D eigenvalue weighted by Crippen LogP contribution is 2.39. The lowest BCUT2D eigenvalue weighted by Crippen LogP contribution is -2.37. The smallest absolute Gasteiger partial charge is 0.433 e. The van der Waals surface area contributed by atoms with Crippen LogP contribution in [-0.4, -0.2) is 36.8 Å². The molecule has 0 aromatic carbocycles. The van der Waals surface area contributed by atoms with Crippen LogP contribution in [0.5, 0.6) is 0 Å². The van der Waals surface area contributed by atoms with Gasteiger partial charge in [0.05, 0.1) is 31.6 Å². The molecular weight excluding hydrogens is 418 g/mol. The third kappa shape index (κ3) is 5.16. The Morgan fingerprint density at radius 1 is 1.42 bits per heavy atom. The van der Waals surface area contributed by atoms with Crippen LogP contribution in [0.15, 0.2) is 28.9 Å². The standard InChI is InChI=1S/C22H23N3O5S/c23-13-18-17-7-5-15(14-29-22(27)25-9-1-2-11-30-25)12-19(17)31-21(18)24-20(26)8-6-16-4-3-10-28-16/h3-4,6,8,10,15H,1-2,5,7,9,11-12,14H2,(H,24,26). The average molecular weight is 442 g/mol. The first-order valence-corrected chi connectivity index (χ1v) is 11.1. The molecule has 2 aromatic rings. The van der Waals surface area contributed by atoms with Crippen molar-refractivity contribution >= 4 is 34.4 Å². The summed E-state index contributed by atoms with van der Waals surface area (Å²) in [6, 6.07) is 5.72. The Morgan fingerprint density at radius 2 is 2.32 bits per heavy atom. The molecule has 0 radical (unpaired) electrons. The van der Waals surface area contributed by atoms with Gasteiger partial charge in [0.25, 0.3) is 0 Å². The maximum Gasteiger partial charge on any atom is 0.433 e. The zero-order chi connectivity index (χ0) is 21.6. The van der Waals surface area contributed by atoms with Crippen molar-refractivity contribution in [2.45, 2.75) is 32.1 Å². The molecule has 1 unspecified atom stereocenters. The third-order valence-electron chi connectivity index (χ3n) is 5.31. The van der Waals surface area contributed by atoms with Crippen LogP contribution in [0.25, 0.3) is 6.08 Å². The first kappa shape index (κ1) is 21.2. The molecule has 8 nitrogen and oxygen atoms in total. The summed E-state index contributed by atoms with van der Waals surface area (Å²) in [7, 11) is 0. The molecule has 1 fully saturated rings. The summed E-state index contributed by atoms with van der Waals surface area (Å²) in [5.41, 5.74) is 1.51. The molecule has 2 aliphatic rings. The highest BCUT2D eigenvalue weighted by atomic mass is 32.1. The molecule has 1 atom stereocenters. The molecule has 1 saturated heterocycles. The van der Waals surface area contributed by atoms with Gasteiger partial charge in [-0.2, -0.15) is 10.3 Å². The number of nitrogens with zero attached hydrogens (tertiary/aromatic N) is 2. The second kappa shape index (κ2) is 9.81. The predicted octanol–water partition coefficient (Wildman–Crippen LogP) is 4.13. The lowest BCUT2D eigenvalue weighted by Gasteiger charge is -2.27. The van der Waals surface area contributed by atoms with Crippen molar-refractivity contribution in [3.05, 3.63) is 46.2 Å². The van der Waals surface area contributed by atoms with Gasteiger partial charge >= 0.3 is 6.09 Å². The van der Waals surface area contributed by atoms with E-state index in [0.29, 0.717) is 42.5 Å². The van der Waals surface area contributed by atoms with E-state index < -0.39 is 6.09 Å². The Hall–Kier alpha value is -3.09. The molecule has 1 N–H and O–H groups in total. The number of nitrogens with one attached hydrogen (secondary N) is 1. The van der Waals surface area contributed by atoms with Crippen LogP contribution in [0.4, 0.5) is 9.80 Å². The number of hydrogen-bond acceptors (Lipinski definition) is 7. The molecule has 9 heteroatoms. The quantitative estimate of drug-likeness (QED) is 0.700. The topological polar surface area (TPSA) is 105 Å². The molecule has 2 aromatic heterocycles. The number of ether oxygens (including phenoxy) is 1. The zero-order valence-electron chi connectivity index (χ0n) is 17.0. The number of fused-ring (bicyclic) bond motifs is 1. The van der Waals surface area contributed by atoms with Crippen molar-refractivity contribution in [3.63, 3.8) is 0 Å². The number of furan rings is 1. The number of hydrogen-bond donors (Lipinski definition) is 1. The highest BCUT2D eigenvalue weighted by Gasteiger charge is 2.28. The Balaban J connectivity index is 1.36. The van der Waals surface area contributed by atoms with Gasteiger partial charge in [-0.05, 0) is 61.8 Å². The van der Waals surface area contributed by atoms with E-state index in [1.54, 1.807) is 18.2 Å². The summed E-state index contributed by atoms with van der Waals surface area (Å²) in [5, 5.41) is 14.3. The van der Waals surface area contributed by atoms with Gasteiger partial charge in [0.1, 0.15) is 16.8 Å². The fourth-order valence-corrected chi connectivity index (χ4v) is 5.02. The molecule has 162 valence electrons. The molecule has 31 heavy (non-hydrogen) atoms. The number of anilines is 1. The Kier molecular flexibility index (Phi) is 6.70. The van der Waals surface area contributed by atoms with E-state index in [9.17, 15) is 14.9 Å². The minimum Gasteiger partial charge on any atom is -0.465 e. The van der Waals surface area contributed by atoms with Crippen LogP contribution in [-0.2, 0) is 27.2 Å². The van der Waals surface area contributed by atoms with Gasteiger partial charge in [-0.3, -0.25) is 9.63 Å². The zero-order valence-corrected chi connectivity index (χ0v) is 17.8. The first-order valence-electron chi connectivity index (χ1n) is 10.3. The van der Waals surface area contributed by atoms with E-state index in [1.165, 1.54) is 28.7 Å². The summed E-state index contributed by atoms with van der Waals surface area (Å²) < 4.78 is 10.6. The van der Waals surface area contributed by atoms with Crippen LogP contribution in [0.1, 0.15) is 41.0 Å². The van der Waals surface area contributed by atoms with E-state index in [1.807, 2.05) is 0 Å². The van der Waals surface area contributed by atoms with Gasteiger partial charge in [-0.25, -0.2) is 4.79 Å². The predicted molar refractivity (Wildman–Crippen MR) is 114 cm³/mol. The third-order valence-corrected chi connectivity index (χ3v) is 6.48. The number of thiophene rings is 1. The second-order valence-electron chi connectivity index (χ2n) is 7.49. The normalized spacial score (nSPS) is 18.4. The summed E-state index contributed by atoms with van der Waals surface area (Å²) >= 11 is 1.42. The monoisotopic (exact) mass is 441 g/mol. The molecule has 1 aliphatic carbocycles. The molecular formula is C22H23N3O5S. The van der Waals surface area contributed by atoms with Gasteiger partial charge in [-0.1, -0.05) is 0 Å². The van der Waals surface area contributed by atoms with Gasteiger partial charge in [0, 0.05) is 11.0 Å². The maximum absolute atomic E-state index is 12.3. The summed E-state index contributed by atoms with van der Waals surface area (Å²) in [4.78, 5) is 30.8. The number of hydroxylamine groups is 2. The van der Waals surface area contributed by atoms with Crippen molar-refractivity contribution in [2.75, 3.05) is 25.1 Å². The Labute approximate surface area is 184 Å². The number of nitriles is 1. The summed E-state index contributed by atoms with van der Waals surface area (Å²) in [6.45, 7) is 1.41. The number of amides is 2. The largest absolute Gasteiger partial charge is 0.465 e. The van der Waals surface area contributed by atoms with Crippen molar-refractivity contribution in [1.29, 1.82) is 5.26 Å². The van der Waals surface area contributed by atoms with Crippen LogP contribution < -0.4 is 5.32 Å². The lowest BCUT2D eigenvalue weighted by atomic mass is 9.88. The molecule has 1 aliphatic heterocycles. The van der Waals surface area contributed by atoms with E-state index in [2.05, 4.69) is 11.4 Å². The first-order chi connectivity index (χ1) is 15.1. The van der Waals surface area contributed by atoms with Gasteiger partial charge < -0.3 is 14.5 Å². The molecule has 2 amide bonds. The number of carbonyl (C=O) groups is 2. The van der Waals surface area contributed by atoms with E-state index >= 15 is 0 Å². The fraction of sp³-hybridized carbons (Fsp3) is 0.409. The van der Waals surface area contributed by atoms with Crippen LogP contribution in [0, 0.1) is 17.2 Å². The van der Waals surface area contributed by atoms with E-state index in [4.69, 9.17) is 14.0 Å². The van der Waals surface area contributed by atoms with Gasteiger partial charge in [0.2, 0.25) is 5.91 Å². The Morgan fingerprint density at radius 3 is 3.06 bits per heavy atom. The highest BCUT2D eigenvalue weighted by molar-refractivity contribution is 7.16. The van der Waals surface area contributed by atoms with Crippen molar-refractivity contribution in [1.82, 2.24) is 5.06 Å². The lowest BCUT2D eigenvalue weighted by molar-refractivity contribution is -0.157. The fourth-order valence-electron chi connectivity index (χ4n) is 3.70. The number of carbonyl (C=O) groups excluding carboxylic acids is 2. The molecule has 0 saturated carbocycles. The minimum atomic E-state index is -0.439. The van der Waals surface area contributed by atoms with Crippen molar-refractivity contribution in [3.8, 4) is 6.07 Å².